The molecule has 0 aromatic carbocycles. The second-order valence-electron chi connectivity index (χ2n) is 2.99. The van der Waals surface area contributed by atoms with E-state index < -0.39 is 11.2 Å². The van der Waals surface area contributed by atoms with Crippen molar-refractivity contribution in [3.8, 4) is 6.07 Å². The summed E-state index contributed by atoms with van der Waals surface area (Å²) in [5, 5.41) is 8.50. The van der Waals surface area contributed by atoms with E-state index in [4.69, 9.17) is 5.26 Å². The Kier molecular flexibility index (Phi) is 1.90. The summed E-state index contributed by atoms with van der Waals surface area (Å²) in [6, 6.07) is 1.77. The van der Waals surface area contributed by atoms with Crippen LogP contribution in [0.25, 0.3) is 11.2 Å². The molecule has 7 nitrogen and oxygen atoms in total. The summed E-state index contributed by atoms with van der Waals surface area (Å²) in [5.74, 6) is 0. The van der Waals surface area contributed by atoms with Gasteiger partial charge >= 0.3 is 5.69 Å². The Morgan fingerprint density at radius 3 is 3.00 bits per heavy atom. The van der Waals surface area contributed by atoms with Crippen LogP contribution in [-0.2, 0) is 13.6 Å². The highest BCUT2D eigenvalue weighted by Gasteiger charge is 2.11. The molecule has 0 radical (unpaired) electrons. The normalized spacial score (nSPS) is 10.4. The van der Waals surface area contributed by atoms with Crippen molar-refractivity contribution in [2.45, 2.75) is 6.54 Å². The third kappa shape index (κ3) is 1.15. The monoisotopic (exact) mass is 205 g/mol. The molecular weight excluding hydrogens is 198 g/mol. The second-order valence-corrected chi connectivity index (χ2v) is 2.99. The van der Waals surface area contributed by atoms with Crippen LogP contribution >= 0.6 is 0 Å². The van der Waals surface area contributed by atoms with E-state index in [-0.39, 0.29) is 12.1 Å². The number of aromatic nitrogens is 4. The van der Waals surface area contributed by atoms with E-state index in [0.29, 0.717) is 5.65 Å². The van der Waals surface area contributed by atoms with Crippen molar-refractivity contribution >= 4 is 11.2 Å². The van der Waals surface area contributed by atoms with Crippen LogP contribution in [0.2, 0.25) is 0 Å². The first-order valence-electron chi connectivity index (χ1n) is 4.16. The zero-order valence-electron chi connectivity index (χ0n) is 7.89. The van der Waals surface area contributed by atoms with Crippen LogP contribution in [0, 0.1) is 11.3 Å². The molecule has 2 aromatic rings. The van der Waals surface area contributed by atoms with Crippen LogP contribution < -0.4 is 11.2 Å². The lowest BCUT2D eigenvalue weighted by Crippen LogP contribution is -2.38. The van der Waals surface area contributed by atoms with Crippen molar-refractivity contribution < 1.29 is 0 Å². The molecule has 0 fully saturated rings. The average molecular weight is 205 g/mol. The molecular formula is C8H7N5O2. The fourth-order valence-electron chi connectivity index (χ4n) is 1.40. The van der Waals surface area contributed by atoms with Crippen LogP contribution in [0.1, 0.15) is 0 Å². The number of imidazole rings is 1. The van der Waals surface area contributed by atoms with E-state index in [9.17, 15) is 9.59 Å². The van der Waals surface area contributed by atoms with Gasteiger partial charge in [0, 0.05) is 7.05 Å². The molecule has 0 saturated heterocycles. The van der Waals surface area contributed by atoms with E-state index in [0.717, 1.165) is 4.57 Å². The average Bonchev–Trinajstić information content (AvgIpc) is 2.70. The fraction of sp³-hybridized carbons (Fsp3) is 0.250. The Bertz CT molecular complexity index is 669. The van der Waals surface area contributed by atoms with Gasteiger partial charge in [0.25, 0.3) is 5.56 Å². The Morgan fingerprint density at radius 2 is 2.33 bits per heavy atom. The lowest BCUT2D eigenvalue weighted by atomic mass is 10.5. The van der Waals surface area contributed by atoms with E-state index in [1.165, 1.54) is 17.9 Å². The van der Waals surface area contributed by atoms with Gasteiger partial charge in [0.1, 0.15) is 12.1 Å². The van der Waals surface area contributed by atoms with Gasteiger partial charge in [-0.15, -0.1) is 0 Å². The SMILES string of the molecule is Cn1c(=O)n(CC#N)c(=O)c2[nH]cnc21. The van der Waals surface area contributed by atoms with E-state index in [2.05, 4.69) is 9.97 Å². The molecule has 0 amide bonds. The van der Waals surface area contributed by atoms with Crippen LogP contribution in [0.15, 0.2) is 15.9 Å². The van der Waals surface area contributed by atoms with Crippen LogP contribution in [0.5, 0.6) is 0 Å². The first kappa shape index (κ1) is 9.21. The molecule has 2 rings (SSSR count). The number of aromatic amines is 1. The topological polar surface area (TPSA) is 96.5 Å². The van der Waals surface area contributed by atoms with Crippen LogP contribution in [0.4, 0.5) is 0 Å². The summed E-state index contributed by atoms with van der Waals surface area (Å²) >= 11 is 0. The number of hydrogen-bond acceptors (Lipinski definition) is 4. The third-order valence-corrected chi connectivity index (χ3v) is 2.14. The minimum atomic E-state index is -0.541. The number of nitriles is 1. The van der Waals surface area contributed by atoms with Gasteiger partial charge in [0.05, 0.1) is 12.4 Å². The number of hydrogen-bond donors (Lipinski definition) is 1. The smallest absolute Gasteiger partial charge is 0.333 e. The molecule has 0 saturated carbocycles. The number of H-pyrrole nitrogens is 1. The molecule has 0 spiro atoms. The number of nitrogens with one attached hydrogen (secondary N) is 1. The molecule has 0 atom stereocenters. The zero-order valence-corrected chi connectivity index (χ0v) is 7.89. The highest BCUT2D eigenvalue weighted by atomic mass is 16.2. The number of rotatable bonds is 1. The summed E-state index contributed by atoms with van der Waals surface area (Å²) in [4.78, 5) is 29.8. The predicted octanol–water partition coefficient (Wildman–Crippen LogP) is -1.05. The third-order valence-electron chi connectivity index (χ3n) is 2.14. The van der Waals surface area contributed by atoms with Gasteiger partial charge in [-0.1, -0.05) is 0 Å². The number of nitrogens with zero attached hydrogens (tertiary/aromatic N) is 4. The molecule has 0 unspecified atom stereocenters. The highest BCUT2D eigenvalue weighted by Crippen LogP contribution is 1.98. The lowest BCUT2D eigenvalue weighted by Gasteiger charge is -2.02. The van der Waals surface area contributed by atoms with E-state index >= 15 is 0 Å². The van der Waals surface area contributed by atoms with Gasteiger partial charge in [0.2, 0.25) is 0 Å². The Hall–Kier alpha value is -2.36. The molecule has 76 valence electrons. The van der Waals surface area contributed by atoms with Gasteiger partial charge in [-0.05, 0) is 0 Å². The Labute approximate surface area is 83.2 Å². The van der Waals surface area contributed by atoms with Crippen molar-refractivity contribution in [2.24, 2.45) is 7.05 Å². The fourth-order valence-corrected chi connectivity index (χ4v) is 1.40. The maximum Gasteiger partial charge on any atom is 0.333 e. The molecule has 0 bridgehead atoms. The molecule has 15 heavy (non-hydrogen) atoms. The summed E-state index contributed by atoms with van der Waals surface area (Å²) in [6.07, 6.45) is 1.34. The molecule has 0 aliphatic heterocycles. The molecule has 2 heterocycles. The molecule has 0 aliphatic rings. The summed E-state index contributed by atoms with van der Waals surface area (Å²) in [7, 11) is 1.50. The minimum absolute atomic E-state index is 0.229. The second kappa shape index (κ2) is 3.09. The summed E-state index contributed by atoms with van der Waals surface area (Å²) in [6.45, 7) is -0.263. The van der Waals surface area contributed by atoms with Crippen molar-refractivity contribution in [2.75, 3.05) is 0 Å². The maximum absolute atomic E-state index is 11.7. The van der Waals surface area contributed by atoms with Crippen molar-refractivity contribution in [3.63, 3.8) is 0 Å². The van der Waals surface area contributed by atoms with Gasteiger partial charge in [-0.25, -0.2) is 14.3 Å². The summed E-state index contributed by atoms with van der Waals surface area (Å²) < 4.78 is 2.09. The Balaban J connectivity index is 3.01. The van der Waals surface area contributed by atoms with Crippen molar-refractivity contribution in [1.82, 2.24) is 19.1 Å². The quantitative estimate of drug-likeness (QED) is 0.642. The maximum atomic E-state index is 11.7. The first-order chi connectivity index (χ1) is 7.16. The van der Waals surface area contributed by atoms with E-state index in [1.54, 1.807) is 6.07 Å². The molecule has 7 heteroatoms. The first-order valence-corrected chi connectivity index (χ1v) is 4.16. The standard InChI is InChI=1S/C8H7N5O2/c1-12-6-5(10-4-11-6)7(14)13(3-2-9)8(12)15/h4H,3H2,1H3,(H,10,11). The lowest BCUT2D eigenvalue weighted by molar-refractivity contribution is 0.673. The minimum Gasteiger partial charge on any atom is -0.339 e. The zero-order chi connectivity index (χ0) is 11.0. The van der Waals surface area contributed by atoms with Crippen LogP contribution in [-0.4, -0.2) is 19.1 Å². The van der Waals surface area contributed by atoms with Crippen LogP contribution in [0.3, 0.4) is 0 Å². The molecule has 2 aromatic heterocycles. The summed E-state index contributed by atoms with van der Waals surface area (Å²) in [5.41, 5.74) is -0.542. The molecule has 1 N–H and O–H groups in total. The number of aryl methyl sites for hydroxylation is 1. The van der Waals surface area contributed by atoms with Gasteiger partial charge in [-0.2, -0.15) is 5.26 Å². The Morgan fingerprint density at radius 1 is 1.60 bits per heavy atom. The van der Waals surface area contributed by atoms with Gasteiger partial charge in [-0.3, -0.25) is 9.36 Å². The van der Waals surface area contributed by atoms with Crippen molar-refractivity contribution in [3.05, 3.63) is 27.2 Å². The highest BCUT2D eigenvalue weighted by molar-refractivity contribution is 5.68. The largest absolute Gasteiger partial charge is 0.339 e. The predicted molar refractivity (Wildman–Crippen MR) is 51.2 cm³/mol. The van der Waals surface area contributed by atoms with Gasteiger partial charge in [0.15, 0.2) is 5.65 Å². The van der Waals surface area contributed by atoms with Crippen molar-refractivity contribution in [1.29, 1.82) is 5.26 Å². The number of fused-ring (bicyclic) bond motifs is 1. The van der Waals surface area contributed by atoms with E-state index in [1.807, 2.05) is 0 Å². The molecule has 0 aliphatic carbocycles. The van der Waals surface area contributed by atoms with Gasteiger partial charge < -0.3 is 4.98 Å².